The molecular weight excluding hydrogens is 304 g/mol. The summed E-state index contributed by atoms with van der Waals surface area (Å²) in [6.45, 7) is 2.03. The molecule has 3 heterocycles. The molecule has 0 unspecified atom stereocenters. The number of rotatable bonds is 3. The molecule has 3 N–H and O–H groups in total. The maximum atomic E-state index is 11.2. The second-order valence-electron chi connectivity index (χ2n) is 5.62. The van der Waals surface area contributed by atoms with E-state index >= 15 is 0 Å². The van der Waals surface area contributed by atoms with E-state index in [0.717, 1.165) is 21.8 Å². The number of carbonyl (C=O) groups is 1. The zero-order valence-corrected chi connectivity index (χ0v) is 12.9. The van der Waals surface area contributed by atoms with Crippen LogP contribution in [0.4, 0.5) is 11.5 Å². The van der Waals surface area contributed by atoms with Gasteiger partial charge in [-0.25, -0.2) is 9.78 Å². The van der Waals surface area contributed by atoms with E-state index in [4.69, 9.17) is 0 Å². The highest BCUT2D eigenvalue weighted by Gasteiger charge is 2.14. The second kappa shape index (κ2) is 5.34. The topological polar surface area (TPSA) is 90.9 Å². The van der Waals surface area contributed by atoms with Crippen LogP contribution in [0.3, 0.4) is 0 Å². The van der Waals surface area contributed by atoms with E-state index in [1.165, 1.54) is 5.56 Å². The van der Waals surface area contributed by atoms with Gasteiger partial charge in [-0.15, -0.1) is 0 Å². The Balaban J connectivity index is 1.92. The SMILES string of the molecule is Cc1ccc(Nc2nc3[nH]c(C(=O)O)cc3c3cnccc23)cc1. The lowest BCUT2D eigenvalue weighted by atomic mass is 10.1. The first kappa shape index (κ1) is 14.2. The number of hydrogen-bond acceptors (Lipinski definition) is 4. The lowest BCUT2D eigenvalue weighted by Gasteiger charge is -2.10. The lowest BCUT2D eigenvalue weighted by Crippen LogP contribution is -1.97. The van der Waals surface area contributed by atoms with Gasteiger partial charge in [0.15, 0.2) is 0 Å². The van der Waals surface area contributed by atoms with E-state index in [2.05, 4.69) is 20.3 Å². The summed E-state index contributed by atoms with van der Waals surface area (Å²) >= 11 is 0. The Hall–Kier alpha value is -3.41. The Labute approximate surface area is 137 Å². The fourth-order valence-electron chi connectivity index (χ4n) is 2.71. The predicted octanol–water partition coefficient (Wildman–Crippen LogP) is 3.86. The third kappa shape index (κ3) is 2.34. The monoisotopic (exact) mass is 318 g/mol. The molecule has 0 saturated heterocycles. The van der Waals surface area contributed by atoms with Crippen molar-refractivity contribution in [3.05, 3.63) is 60.0 Å². The van der Waals surface area contributed by atoms with Gasteiger partial charge in [0.2, 0.25) is 0 Å². The smallest absolute Gasteiger partial charge is 0.352 e. The minimum atomic E-state index is -1.02. The molecule has 0 saturated carbocycles. The van der Waals surface area contributed by atoms with Gasteiger partial charge in [0.05, 0.1) is 0 Å². The average molecular weight is 318 g/mol. The normalized spacial score (nSPS) is 11.0. The highest BCUT2D eigenvalue weighted by molar-refractivity contribution is 6.11. The number of anilines is 2. The number of H-pyrrole nitrogens is 1. The molecule has 24 heavy (non-hydrogen) atoms. The van der Waals surface area contributed by atoms with Gasteiger partial charge in [-0.1, -0.05) is 17.7 Å². The molecule has 0 radical (unpaired) electrons. The van der Waals surface area contributed by atoms with E-state index in [1.54, 1.807) is 18.5 Å². The summed E-state index contributed by atoms with van der Waals surface area (Å²) in [5, 5.41) is 15.0. The molecule has 118 valence electrons. The molecule has 0 amide bonds. The number of aryl methyl sites for hydroxylation is 1. The van der Waals surface area contributed by atoms with Crippen molar-refractivity contribution >= 4 is 39.3 Å². The Kier molecular flexibility index (Phi) is 3.16. The molecule has 0 bridgehead atoms. The van der Waals surface area contributed by atoms with Gasteiger partial charge in [-0.3, -0.25) is 4.98 Å². The summed E-state index contributed by atoms with van der Waals surface area (Å²) in [4.78, 5) is 22.8. The molecule has 0 aliphatic carbocycles. The number of carboxylic acids is 1. The first-order chi connectivity index (χ1) is 11.6. The van der Waals surface area contributed by atoms with Crippen LogP contribution in [0.1, 0.15) is 16.1 Å². The number of nitrogens with one attached hydrogen (secondary N) is 2. The largest absolute Gasteiger partial charge is 0.477 e. The summed E-state index contributed by atoms with van der Waals surface area (Å²) in [6, 6.07) is 11.4. The van der Waals surface area contributed by atoms with Crippen molar-refractivity contribution in [1.82, 2.24) is 15.0 Å². The number of aromatic carboxylic acids is 1. The van der Waals surface area contributed by atoms with Crippen LogP contribution in [-0.4, -0.2) is 26.0 Å². The maximum absolute atomic E-state index is 11.2. The standard InChI is InChI=1S/C18H14N4O2/c1-10-2-4-11(5-3-10)20-16-12-6-7-19-9-14(12)13-8-15(18(23)24)21-17(13)22-16/h2-9H,1H3,(H,23,24)(H2,20,21,22). The Morgan fingerprint density at radius 3 is 2.67 bits per heavy atom. The predicted molar refractivity (Wildman–Crippen MR) is 92.8 cm³/mol. The molecule has 0 fully saturated rings. The second-order valence-corrected chi connectivity index (χ2v) is 5.62. The van der Waals surface area contributed by atoms with Crippen LogP contribution in [0, 0.1) is 6.92 Å². The van der Waals surface area contributed by atoms with E-state index in [0.29, 0.717) is 11.5 Å². The maximum Gasteiger partial charge on any atom is 0.352 e. The number of aromatic amines is 1. The molecule has 0 spiro atoms. The van der Waals surface area contributed by atoms with Crippen molar-refractivity contribution in [2.45, 2.75) is 6.92 Å². The summed E-state index contributed by atoms with van der Waals surface area (Å²) in [5.74, 6) is -0.361. The van der Waals surface area contributed by atoms with Gasteiger partial charge < -0.3 is 15.4 Å². The van der Waals surface area contributed by atoms with Gasteiger partial charge >= 0.3 is 5.97 Å². The fraction of sp³-hybridized carbons (Fsp3) is 0.0556. The van der Waals surface area contributed by atoms with Crippen LogP contribution in [0.15, 0.2) is 48.8 Å². The molecule has 4 aromatic rings. The quantitative estimate of drug-likeness (QED) is 0.533. The van der Waals surface area contributed by atoms with Crippen molar-refractivity contribution in [3.8, 4) is 0 Å². The number of fused-ring (bicyclic) bond motifs is 3. The molecule has 4 rings (SSSR count). The number of nitrogens with zero attached hydrogens (tertiary/aromatic N) is 2. The molecule has 0 aliphatic rings. The van der Waals surface area contributed by atoms with Crippen LogP contribution < -0.4 is 5.32 Å². The number of aromatic nitrogens is 3. The number of hydrogen-bond donors (Lipinski definition) is 3. The van der Waals surface area contributed by atoms with Gasteiger partial charge in [-0.2, -0.15) is 0 Å². The molecule has 6 heteroatoms. The van der Waals surface area contributed by atoms with Crippen molar-refractivity contribution in [2.24, 2.45) is 0 Å². The van der Waals surface area contributed by atoms with Gasteiger partial charge in [-0.05, 0) is 31.2 Å². The zero-order chi connectivity index (χ0) is 16.7. The molecule has 3 aromatic heterocycles. The lowest BCUT2D eigenvalue weighted by molar-refractivity contribution is 0.0691. The van der Waals surface area contributed by atoms with Crippen molar-refractivity contribution in [3.63, 3.8) is 0 Å². The van der Waals surface area contributed by atoms with Crippen LogP contribution in [0.2, 0.25) is 0 Å². The Bertz CT molecular complexity index is 1070. The zero-order valence-electron chi connectivity index (χ0n) is 12.9. The first-order valence-electron chi connectivity index (χ1n) is 7.45. The van der Waals surface area contributed by atoms with Crippen LogP contribution in [0.25, 0.3) is 21.8 Å². The minimum Gasteiger partial charge on any atom is -0.477 e. The van der Waals surface area contributed by atoms with Crippen LogP contribution in [-0.2, 0) is 0 Å². The van der Waals surface area contributed by atoms with Gasteiger partial charge in [0.25, 0.3) is 0 Å². The summed E-state index contributed by atoms with van der Waals surface area (Å²) in [6.07, 6.45) is 3.42. The fourth-order valence-corrected chi connectivity index (χ4v) is 2.71. The van der Waals surface area contributed by atoms with Crippen molar-refractivity contribution in [2.75, 3.05) is 5.32 Å². The van der Waals surface area contributed by atoms with Crippen molar-refractivity contribution < 1.29 is 9.90 Å². The molecule has 0 atom stereocenters. The number of benzene rings is 1. The highest BCUT2D eigenvalue weighted by Crippen LogP contribution is 2.30. The van der Waals surface area contributed by atoms with E-state index in [-0.39, 0.29) is 5.69 Å². The summed E-state index contributed by atoms with van der Waals surface area (Å²) in [7, 11) is 0. The summed E-state index contributed by atoms with van der Waals surface area (Å²) in [5.41, 5.74) is 2.71. The van der Waals surface area contributed by atoms with Crippen LogP contribution >= 0.6 is 0 Å². The van der Waals surface area contributed by atoms with E-state index in [1.807, 2.05) is 37.3 Å². The van der Waals surface area contributed by atoms with Crippen LogP contribution in [0.5, 0.6) is 0 Å². The highest BCUT2D eigenvalue weighted by atomic mass is 16.4. The molecule has 1 aromatic carbocycles. The van der Waals surface area contributed by atoms with Gasteiger partial charge in [0, 0.05) is 34.2 Å². The van der Waals surface area contributed by atoms with E-state index in [9.17, 15) is 9.90 Å². The Morgan fingerprint density at radius 1 is 1.12 bits per heavy atom. The third-order valence-corrected chi connectivity index (χ3v) is 3.93. The average Bonchev–Trinajstić information content (AvgIpc) is 3.02. The minimum absolute atomic E-state index is 0.107. The molecular formula is C18H14N4O2. The van der Waals surface area contributed by atoms with Crippen molar-refractivity contribution in [1.29, 1.82) is 0 Å². The summed E-state index contributed by atoms with van der Waals surface area (Å²) < 4.78 is 0. The third-order valence-electron chi connectivity index (χ3n) is 3.93. The molecule has 6 nitrogen and oxygen atoms in total. The van der Waals surface area contributed by atoms with E-state index < -0.39 is 5.97 Å². The Morgan fingerprint density at radius 2 is 1.92 bits per heavy atom. The first-order valence-corrected chi connectivity index (χ1v) is 7.45. The number of carboxylic acid groups (broad SMARTS) is 1. The van der Waals surface area contributed by atoms with Gasteiger partial charge in [0.1, 0.15) is 17.2 Å². The molecule has 0 aliphatic heterocycles. The number of pyridine rings is 2.